The molecule has 1 amide bonds. The van der Waals surface area contributed by atoms with Crippen LogP contribution in [0.1, 0.15) is 57.2 Å². The van der Waals surface area contributed by atoms with Crippen molar-refractivity contribution in [2.75, 3.05) is 68.1 Å². The number of nitrogens with zero attached hydrogens (tertiary/aromatic N) is 3. The maximum Gasteiger partial charge on any atom is 0.240 e. The number of methoxy groups -OCH3 is 1. The van der Waals surface area contributed by atoms with Crippen molar-refractivity contribution in [2.24, 2.45) is 29.1 Å². The van der Waals surface area contributed by atoms with E-state index in [4.69, 9.17) is 9.57 Å². The minimum absolute atomic E-state index is 0.0723. The van der Waals surface area contributed by atoms with Gasteiger partial charge in [-0.2, -0.15) is 5.06 Å². The van der Waals surface area contributed by atoms with E-state index in [1.165, 1.54) is 17.5 Å². The second-order valence-electron chi connectivity index (χ2n) is 16.7. The minimum atomic E-state index is -0.860. The summed E-state index contributed by atoms with van der Waals surface area (Å²) < 4.78 is 6.14. The van der Waals surface area contributed by atoms with Crippen LogP contribution < -0.4 is 20.7 Å². The van der Waals surface area contributed by atoms with Gasteiger partial charge in [0.15, 0.2) is 0 Å². The summed E-state index contributed by atoms with van der Waals surface area (Å²) in [6.45, 7) is 13.8. The number of carbonyl (C=O) groups excluding carboxylic acids is 1. The fraction of sp³-hybridized carbons (Fsp3) is 0.683. The van der Waals surface area contributed by atoms with Crippen molar-refractivity contribution in [2.45, 2.75) is 84.5 Å². The topological polar surface area (TPSA) is 122 Å². The molecule has 3 saturated carbocycles. The summed E-state index contributed by atoms with van der Waals surface area (Å²) in [5.74, 6) is 1.50. The number of hydrogen-bond donors (Lipinski definition) is 5. The van der Waals surface area contributed by atoms with Crippen molar-refractivity contribution in [1.82, 2.24) is 30.8 Å². The van der Waals surface area contributed by atoms with E-state index in [9.17, 15) is 15.0 Å². The predicted octanol–water partition coefficient (Wildman–Crippen LogP) is 3.33. The normalized spacial score (nSPS) is 27.5. The van der Waals surface area contributed by atoms with Crippen molar-refractivity contribution < 1.29 is 24.6 Å². The Balaban J connectivity index is 1.41. The lowest BCUT2D eigenvalue weighted by Gasteiger charge is -2.62. The van der Waals surface area contributed by atoms with Gasteiger partial charge in [-0.1, -0.05) is 45.0 Å². The van der Waals surface area contributed by atoms with Gasteiger partial charge in [0.25, 0.3) is 0 Å². The molecular formula is C41H66N6O5. The van der Waals surface area contributed by atoms with Gasteiger partial charge in [-0.3, -0.25) is 9.63 Å². The maximum atomic E-state index is 14.3. The summed E-state index contributed by atoms with van der Waals surface area (Å²) in [7, 11) is 9.99. The Labute approximate surface area is 312 Å². The van der Waals surface area contributed by atoms with Gasteiger partial charge >= 0.3 is 0 Å². The Morgan fingerprint density at radius 1 is 1.04 bits per heavy atom. The first-order chi connectivity index (χ1) is 24.7. The zero-order valence-electron chi connectivity index (χ0n) is 33.1. The number of amides is 1. The molecule has 3 aliphatic carbocycles. The summed E-state index contributed by atoms with van der Waals surface area (Å²) in [5.41, 5.74) is 5.55. The molecule has 0 radical (unpaired) electrons. The lowest BCUT2D eigenvalue weighted by Crippen LogP contribution is -2.62. The lowest BCUT2D eigenvalue weighted by molar-refractivity contribution is -0.183. The third-order valence-corrected chi connectivity index (χ3v) is 12.2. The smallest absolute Gasteiger partial charge is 0.240 e. The first kappa shape index (κ1) is 40.6. The van der Waals surface area contributed by atoms with Crippen molar-refractivity contribution >= 4 is 5.91 Å². The van der Waals surface area contributed by atoms with E-state index in [-0.39, 0.29) is 25.1 Å². The highest BCUT2D eigenvalue weighted by Crippen LogP contribution is 2.61. The minimum Gasteiger partial charge on any atom is -0.496 e. The van der Waals surface area contributed by atoms with Gasteiger partial charge < -0.3 is 40.7 Å². The van der Waals surface area contributed by atoms with E-state index in [0.717, 1.165) is 62.4 Å². The first-order valence-corrected chi connectivity index (χ1v) is 19.3. The van der Waals surface area contributed by atoms with Crippen molar-refractivity contribution in [1.29, 1.82) is 0 Å². The third kappa shape index (κ3) is 9.18. The van der Waals surface area contributed by atoms with E-state index < -0.39 is 24.2 Å². The molecule has 2 bridgehead atoms. The van der Waals surface area contributed by atoms with Crippen LogP contribution in [0.3, 0.4) is 0 Å². The standard InChI is InChI=1S/C41H66N6O5/c1-26-34-20-32(41(34,3)4)21-35(26)44-40(50)38-37(27(2)49)36(25-48)52-47(38)24-30-11-10-12-33(39(30)51-9)31-18-28(22-42-13-15-45(5)6)17-29(19-31)23-43-14-16-46(7)8/h10-12,17-19,26-27,32,34-38,42-43,48-49H,13-16,20-25H2,1-9H3,(H,44,50)/t26-,27-,32?,34-,35-,36-,37-,38-/m0/s1. The zero-order valence-corrected chi connectivity index (χ0v) is 33.1. The largest absolute Gasteiger partial charge is 0.496 e. The van der Waals surface area contributed by atoms with Gasteiger partial charge in [0.1, 0.15) is 17.9 Å². The number of aliphatic hydroxyl groups is 2. The van der Waals surface area contributed by atoms with Crippen LogP contribution in [0.2, 0.25) is 0 Å². The van der Waals surface area contributed by atoms with Crippen LogP contribution in [0.25, 0.3) is 11.1 Å². The van der Waals surface area contributed by atoms with Crippen molar-refractivity contribution in [3.63, 3.8) is 0 Å². The van der Waals surface area contributed by atoms with E-state index in [1.54, 1.807) is 19.1 Å². The van der Waals surface area contributed by atoms with Crippen molar-refractivity contribution in [3.8, 4) is 16.9 Å². The monoisotopic (exact) mass is 723 g/mol. The number of hydroxylamine groups is 2. The first-order valence-electron chi connectivity index (χ1n) is 19.3. The van der Waals surface area contributed by atoms with Gasteiger partial charge in [0, 0.05) is 62.4 Å². The Hall–Kier alpha value is -2.61. The number of benzene rings is 2. The molecule has 2 aromatic carbocycles. The Bertz CT molecular complexity index is 1450. The van der Waals surface area contributed by atoms with Gasteiger partial charge in [0.05, 0.1) is 26.4 Å². The van der Waals surface area contributed by atoms with E-state index in [2.05, 4.69) is 99.0 Å². The number of aliphatic hydroxyl groups excluding tert-OH is 2. The quantitative estimate of drug-likeness (QED) is 0.147. The molecule has 0 spiro atoms. The molecule has 4 fully saturated rings. The molecule has 6 rings (SSSR count). The molecule has 1 aliphatic heterocycles. The molecule has 290 valence electrons. The molecule has 52 heavy (non-hydrogen) atoms. The Morgan fingerprint density at radius 2 is 1.67 bits per heavy atom. The Kier molecular flexibility index (Phi) is 13.8. The van der Waals surface area contributed by atoms with Gasteiger partial charge in [-0.15, -0.1) is 0 Å². The number of fused-ring (bicyclic) bond motifs is 2. The van der Waals surface area contributed by atoms with Crippen molar-refractivity contribution in [3.05, 3.63) is 53.1 Å². The van der Waals surface area contributed by atoms with Crippen LogP contribution in [0.5, 0.6) is 5.75 Å². The number of rotatable bonds is 18. The predicted molar refractivity (Wildman–Crippen MR) is 207 cm³/mol. The van der Waals surface area contributed by atoms with Crippen LogP contribution in [0, 0.1) is 29.1 Å². The molecule has 1 saturated heterocycles. The SMILES string of the molecule is COc1c(CN2O[C@@H](CO)[C@H]([C@H](C)O)[C@H]2C(=O)N[C@H]2CC3C[C@@H]([C@@H]2C)C3(C)C)cccc1-c1cc(CNCCN(C)C)cc(CNCCN(C)C)c1. The number of carbonyl (C=O) groups is 1. The van der Waals surface area contributed by atoms with E-state index in [1.807, 2.05) is 12.1 Å². The number of likely N-dealkylation sites (N-methyl/N-ethyl adjacent to an activating group) is 2. The van der Waals surface area contributed by atoms with Crippen LogP contribution in [-0.2, 0) is 29.3 Å². The maximum absolute atomic E-state index is 14.3. The fourth-order valence-electron chi connectivity index (χ4n) is 9.02. The average molecular weight is 723 g/mol. The molecule has 11 heteroatoms. The number of hydrogen-bond acceptors (Lipinski definition) is 10. The summed E-state index contributed by atoms with van der Waals surface area (Å²) >= 11 is 0. The second-order valence-corrected chi connectivity index (χ2v) is 16.7. The van der Waals surface area contributed by atoms with E-state index >= 15 is 0 Å². The van der Waals surface area contributed by atoms with Crippen LogP contribution in [-0.4, -0.2) is 123 Å². The molecular weight excluding hydrogens is 656 g/mol. The van der Waals surface area contributed by atoms with Gasteiger partial charge in [-0.25, -0.2) is 0 Å². The molecule has 5 N–H and O–H groups in total. The summed E-state index contributed by atoms with van der Waals surface area (Å²) in [5, 5.41) is 33.5. The van der Waals surface area contributed by atoms with Crippen LogP contribution in [0.15, 0.2) is 36.4 Å². The molecule has 1 unspecified atom stereocenters. The highest BCUT2D eigenvalue weighted by Gasteiger charge is 2.57. The number of nitrogens with one attached hydrogen (secondary N) is 3. The second kappa shape index (κ2) is 17.7. The number of ether oxygens (including phenoxy) is 1. The summed E-state index contributed by atoms with van der Waals surface area (Å²) in [6.07, 6.45) is 0.615. The molecule has 4 aliphatic rings. The number of para-hydroxylation sites is 1. The fourth-order valence-corrected chi connectivity index (χ4v) is 9.02. The molecule has 11 nitrogen and oxygen atoms in total. The highest BCUT2D eigenvalue weighted by molar-refractivity contribution is 5.83. The molecule has 2 aromatic rings. The molecule has 0 aromatic heterocycles. The zero-order chi connectivity index (χ0) is 37.7. The Morgan fingerprint density at radius 3 is 2.19 bits per heavy atom. The average Bonchev–Trinajstić information content (AvgIpc) is 3.47. The van der Waals surface area contributed by atoms with Crippen LogP contribution >= 0.6 is 0 Å². The summed E-state index contributed by atoms with van der Waals surface area (Å²) in [4.78, 5) is 24.9. The summed E-state index contributed by atoms with van der Waals surface area (Å²) in [6, 6.07) is 12.1. The van der Waals surface area contributed by atoms with Crippen LogP contribution in [0.4, 0.5) is 0 Å². The highest BCUT2D eigenvalue weighted by atomic mass is 16.7. The van der Waals surface area contributed by atoms with Gasteiger partial charge in [-0.05, 0) is 99.9 Å². The lowest BCUT2D eigenvalue weighted by atomic mass is 9.45. The van der Waals surface area contributed by atoms with E-state index in [0.29, 0.717) is 28.9 Å². The molecule has 8 atom stereocenters. The molecule has 1 heterocycles. The third-order valence-electron chi connectivity index (χ3n) is 12.2. The van der Waals surface area contributed by atoms with Gasteiger partial charge in [0.2, 0.25) is 5.91 Å².